The van der Waals surface area contributed by atoms with Crippen LogP contribution in [-0.2, 0) is 4.79 Å². The fourth-order valence-corrected chi connectivity index (χ4v) is 2.03. The minimum atomic E-state index is 0.0704. The lowest BCUT2D eigenvalue weighted by Gasteiger charge is -2.16. The zero-order valence-corrected chi connectivity index (χ0v) is 9.15. The van der Waals surface area contributed by atoms with E-state index in [-0.39, 0.29) is 18.4 Å². The summed E-state index contributed by atoms with van der Waals surface area (Å²) >= 11 is 4.23. The highest BCUT2D eigenvalue weighted by Gasteiger charge is 2.29. The van der Waals surface area contributed by atoms with E-state index in [4.69, 9.17) is 5.11 Å². The van der Waals surface area contributed by atoms with E-state index in [9.17, 15) is 4.79 Å². The molecule has 1 saturated heterocycles. The topological polar surface area (TPSA) is 40.5 Å². The van der Waals surface area contributed by atoms with Crippen LogP contribution in [0, 0.1) is 5.92 Å². The minimum absolute atomic E-state index is 0.0704. The van der Waals surface area contributed by atoms with Crippen molar-refractivity contribution in [3.63, 3.8) is 0 Å². The van der Waals surface area contributed by atoms with Gasteiger partial charge in [0.25, 0.3) is 0 Å². The molecule has 1 aliphatic heterocycles. The van der Waals surface area contributed by atoms with Crippen molar-refractivity contribution < 1.29 is 9.90 Å². The van der Waals surface area contributed by atoms with Gasteiger partial charge >= 0.3 is 0 Å². The molecule has 15 heavy (non-hydrogen) atoms. The molecule has 1 N–H and O–H groups in total. The van der Waals surface area contributed by atoms with Gasteiger partial charge < -0.3 is 10.0 Å². The summed E-state index contributed by atoms with van der Waals surface area (Å²) in [5.74, 6) is 0.147. The second-order valence-corrected chi connectivity index (χ2v) is 4.29. The average Bonchev–Trinajstić information content (AvgIpc) is 2.60. The van der Waals surface area contributed by atoms with Crippen molar-refractivity contribution in [1.82, 2.24) is 0 Å². The molecule has 4 heteroatoms. The summed E-state index contributed by atoms with van der Waals surface area (Å²) in [5, 5.41) is 9.01. The monoisotopic (exact) mass is 223 g/mol. The maximum atomic E-state index is 11.6. The van der Waals surface area contributed by atoms with Gasteiger partial charge in [0.05, 0.1) is 0 Å². The van der Waals surface area contributed by atoms with E-state index in [1.165, 1.54) is 0 Å². The standard InChI is InChI=1S/C11H13NO2S/c13-7-8-4-11(14)12(6-8)9-2-1-3-10(15)5-9/h1-3,5,8,13,15H,4,6-7H2. The van der Waals surface area contributed by atoms with Gasteiger partial charge in [0.2, 0.25) is 5.91 Å². The molecule has 1 heterocycles. The quantitative estimate of drug-likeness (QED) is 0.742. The number of rotatable bonds is 2. The third kappa shape index (κ3) is 2.16. The smallest absolute Gasteiger partial charge is 0.227 e. The molecule has 1 aromatic carbocycles. The van der Waals surface area contributed by atoms with E-state index in [2.05, 4.69) is 12.6 Å². The molecular formula is C11H13NO2S. The zero-order valence-electron chi connectivity index (χ0n) is 8.26. The molecule has 1 aliphatic rings. The van der Waals surface area contributed by atoms with Crippen LogP contribution < -0.4 is 4.90 Å². The predicted molar refractivity (Wildman–Crippen MR) is 61.2 cm³/mol. The fraction of sp³-hybridized carbons (Fsp3) is 0.364. The fourth-order valence-electron chi connectivity index (χ4n) is 1.81. The van der Waals surface area contributed by atoms with Crippen molar-refractivity contribution in [2.75, 3.05) is 18.1 Å². The molecule has 0 bridgehead atoms. The second kappa shape index (κ2) is 4.24. The zero-order chi connectivity index (χ0) is 10.8. The predicted octanol–water partition coefficient (Wildman–Crippen LogP) is 1.32. The van der Waals surface area contributed by atoms with Gasteiger partial charge in [-0.25, -0.2) is 0 Å². The molecule has 0 aromatic heterocycles. The lowest BCUT2D eigenvalue weighted by Crippen LogP contribution is -2.24. The molecule has 80 valence electrons. The van der Waals surface area contributed by atoms with Crippen LogP contribution >= 0.6 is 12.6 Å². The summed E-state index contributed by atoms with van der Waals surface area (Å²) in [6.45, 7) is 0.676. The number of benzene rings is 1. The summed E-state index contributed by atoms with van der Waals surface area (Å²) in [4.78, 5) is 14.2. The van der Waals surface area contributed by atoms with Crippen molar-refractivity contribution >= 4 is 24.2 Å². The molecule has 1 aromatic rings. The van der Waals surface area contributed by atoms with Crippen LogP contribution in [0.25, 0.3) is 0 Å². The maximum Gasteiger partial charge on any atom is 0.227 e. The summed E-state index contributed by atoms with van der Waals surface area (Å²) < 4.78 is 0. The number of nitrogens with zero attached hydrogens (tertiary/aromatic N) is 1. The number of aliphatic hydroxyl groups is 1. The Balaban J connectivity index is 2.21. The number of aliphatic hydroxyl groups excluding tert-OH is 1. The van der Waals surface area contributed by atoms with E-state index < -0.39 is 0 Å². The Morgan fingerprint density at radius 3 is 2.93 bits per heavy atom. The van der Waals surface area contributed by atoms with Crippen LogP contribution in [-0.4, -0.2) is 24.2 Å². The van der Waals surface area contributed by atoms with Crippen LogP contribution in [0.15, 0.2) is 29.2 Å². The minimum Gasteiger partial charge on any atom is -0.396 e. The van der Waals surface area contributed by atoms with E-state index in [0.717, 1.165) is 10.6 Å². The summed E-state index contributed by atoms with van der Waals surface area (Å²) in [6, 6.07) is 7.49. The first kappa shape index (κ1) is 10.5. The van der Waals surface area contributed by atoms with Crippen molar-refractivity contribution in [2.45, 2.75) is 11.3 Å². The molecule has 2 rings (SSSR count). The molecule has 1 unspecified atom stereocenters. The lowest BCUT2D eigenvalue weighted by atomic mass is 10.1. The van der Waals surface area contributed by atoms with Gasteiger partial charge in [0.1, 0.15) is 0 Å². The van der Waals surface area contributed by atoms with Gasteiger partial charge in [-0.2, -0.15) is 0 Å². The van der Waals surface area contributed by atoms with Crippen molar-refractivity contribution in [3.8, 4) is 0 Å². The largest absolute Gasteiger partial charge is 0.396 e. The number of thiol groups is 1. The molecule has 1 fully saturated rings. The molecule has 0 saturated carbocycles. The van der Waals surface area contributed by atoms with Gasteiger partial charge in [-0.05, 0) is 18.2 Å². The summed E-state index contributed by atoms with van der Waals surface area (Å²) in [7, 11) is 0. The highest BCUT2D eigenvalue weighted by atomic mass is 32.1. The molecular weight excluding hydrogens is 210 g/mol. The number of hydrogen-bond acceptors (Lipinski definition) is 3. The third-order valence-corrected chi connectivity index (χ3v) is 2.88. The van der Waals surface area contributed by atoms with Gasteiger partial charge in [0.15, 0.2) is 0 Å². The Bertz CT molecular complexity index is 381. The molecule has 0 aliphatic carbocycles. The highest BCUT2D eigenvalue weighted by molar-refractivity contribution is 7.80. The number of anilines is 1. The first-order chi connectivity index (χ1) is 7.20. The number of carbonyl (C=O) groups excluding carboxylic acids is 1. The second-order valence-electron chi connectivity index (χ2n) is 3.78. The number of carbonyl (C=O) groups is 1. The van der Waals surface area contributed by atoms with Gasteiger partial charge in [-0.3, -0.25) is 4.79 Å². The van der Waals surface area contributed by atoms with Crippen LogP contribution in [0.5, 0.6) is 0 Å². The van der Waals surface area contributed by atoms with Gasteiger partial charge in [0, 0.05) is 36.1 Å². The lowest BCUT2D eigenvalue weighted by molar-refractivity contribution is -0.117. The normalized spacial score (nSPS) is 21.1. The van der Waals surface area contributed by atoms with Crippen molar-refractivity contribution in [2.24, 2.45) is 5.92 Å². The first-order valence-corrected chi connectivity index (χ1v) is 5.35. The Labute approximate surface area is 94.1 Å². The van der Waals surface area contributed by atoms with E-state index in [1.54, 1.807) is 4.90 Å². The van der Waals surface area contributed by atoms with E-state index in [0.29, 0.717) is 13.0 Å². The first-order valence-electron chi connectivity index (χ1n) is 4.91. The van der Waals surface area contributed by atoms with Crippen LogP contribution in [0.4, 0.5) is 5.69 Å². The maximum absolute atomic E-state index is 11.6. The molecule has 0 spiro atoms. The number of hydrogen-bond donors (Lipinski definition) is 2. The molecule has 0 radical (unpaired) electrons. The number of amides is 1. The summed E-state index contributed by atoms with van der Waals surface area (Å²) in [5.41, 5.74) is 0.864. The third-order valence-electron chi connectivity index (χ3n) is 2.60. The SMILES string of the molecule is O=C1CC(CO)CN1c1cccc(S)c1. The van der Waals surface area contributed by atoms with Crippen molar-refractivity contribution in [3.05, 3.63) is 24.3 Å². The molecule has 3 nitrogen and oxygen atoms in total. The van der Waals surface area contributed by atoms with Gasteiger partial charge in [-0.1, -0.05) is 6.07 Å². The molecule has 1 atom stereocenters. The highest BCUT2D eigenvalue weighted by Crippen LogP contribution is 2.26. The Hall–Kier alpha value is -1.00. The molecule has 1 amide bonds. The Kier molecular flexibility index (Phi) is 2.98. The summed E-state index contributed by atoms with van der Waals surface area (Å²) in [6.07, 6.45) is 0.438. The van der Waals surface area contributed by atoms with Crippen LogP contribution in [0.3, 0.4) is 0 Å². The van der Waals surface area contributed by atoms with Crippen molar-refractivity contribution in [1.29, 1.82) is 0 Å². The van der Waals surface area contributed by atoms with Crippen LogP contribution in [0.1, 0.15) is 6.42 Å². The van der Waals surface area contributed by atoms with Crippen LogP contribution in [0.2, 0.25) is 0 Å². The van der Waals surface area contributed by atoms with Gasteiger partial charge in [-0.15, -0.1) is 12.6 Å². The van der Waals surface area contributed by atoms with E-state index in [1.807, 2.05) is 24.3 Å². The van der Waals surface area contributed by atoms with E-state index >= 15 is 0 Å². The Morgan fingerprint density at radius 2 is 2.33 bits per heavy atom. The average molecular weight is 223 g/mol. The Morgan fingerprint density at radius 1 is 1.53 bits per heavy atom.